The van der Waals surface area contributed by atoms with Crippen LogP contribution in [0.4, 0.5) is 0 Å². The standard InChI is InChI=1S/C28H29NO7S/c1-4-5-21-14-19(16-30)6-12-24(21)36-27(22-9-13-25-26(15-22)35-17-34-25)28(31)29-37(32,33)23-10-7-20(8-11-23)18(2)3/h6-16,18,27H,4-5,17H2,1-3H3,(H,29,31). The monoisotopic (exact) mass is 523 g/mol. The van der Waals surface area contributed by atoms with Gasteiger partial charge in [0.1, 0.15) is 12.0 Å². The van der Waals surface area contributed by atoms with E-state index < -0.39 is 22.0 Å². The summed E-state index contributed by atoms with van der Waals surface area (Å²) >= 11 is 0. The van der Waals surface area contributed by atoms with E-state index in [2.05, 4.69) is 4.72 Å². The second-order valence-electron chi connectivity index (χ2n) is 9.04. The Morgan fingerprint density at radius 3 is 2.38 bits per heavy atom. The Morgan fingerprint density at radius 2 is 1.70 bits per heavy atom. The maximum absolute atomic E-state index is 13.5. The number of nitrogens with one attached hydrogen (secondary N) is 1. The van der Waals surface area contributed by atoms with Crippen molar-refractivity contribution in [2.45, 2.75) is 50.5 Å². The van der Waals surface area contributed by atoms with Gasteiger partial charge in [-0.3, -0.25) is 9.59 Å². The Morgan fingerprint density at radius 1 is 1.00 bits per heavy atom. The average molecular weight is 524 g/mol. The Kier molecular flexibility index (Phi) is 7.83. The Bertz CT molecular complexity index is 1400. The normalized spacial score (nSPS) is 13.3. The molecule has 0 saturated heterocycles. The van der Waals surface area contributed by atoms with E-state index in [-0.39, 0.29) is 17.6 Å². The van der Waals surface area contributed by atoms with E-state index >= 15 is 0 Å². The van der Waals surface area contributed by atoms with Gasteiger partial charge in [-0.15, -0.1) is 0 Å². The lowest BCUT2D eigenvalue weighted by Crippen LogP contribution is -2.37. The van der Waals surface area contributed by atoms with E-state index in [9.17, 15) is 18.0 Å². The van der Waals surface area contributed by atoms with Crippen LogP contribution in [0.15, 0.2) is 65.6 Å². The summed E-state index contributed by atoms with van der Waals surface area (Å²) < 4.78 is 45.3. The Labute approximate surface area is 216 Å². The maximum Gasteiger partial charge on any atom is 0.279 e. The van der Waals surface area contributed by atoms with Crippen LogP contribution in [0.1, 0.15) is 66.3 Å². The van der Waals surface area contributed by atoms with Crippen molar-refractivity contribution in [3.05, 3.63) is 82.9 Å². The van der Waals surface area contributed by atoms with Gasteiger partial charge in [-0.1, -0.05) is 45.4 Å². The molecule has 3 aromatic carbocycles. The zero-order valence-corrected chi connectivity index (χ0v) is 21.7. The smallest absolute Gasteiger partial charge is 0.279 e. The minimum absolute atomic E-state index is 0.0308. The van der Waals surface area contributed by atoms with Gasteiger partial charge in [-0.2, -0.15) is 0 Å². The SMILES string of the molecule is CCCc1cc(C=O)ccc1OC(C(=O)NS(=O)(=O)c1ccc(C(C)C)cc1)c1ccc2c(c1)OCO2. The molecule has 1 N–H and O–H groups in total. The zero-order chi connectivity index (χ0) is 26.6. The molecule has 1 aliphatic heterocycles. The van der Waals surface area contributed by atoms with E-state index in [1.165, 1.54) is 12.1 Å². The number of amides is 1. The number of sulfonamides is 1. The fraction of sp³-hybridized carbons (Fsp3) is 0.286. The zero-order valence-electron chi connectivity index (χ0n) is 20.9. The van der Waals surface area contributed by atoms with Crippen molar-refractivity contribution in [3.8, 4) is 17.2 Å². The molecule has 0 spiro atoms. The van der Waals surface area contributed by atoms with Gasteiger partial charge in [0.2, 0.25) is 12.9 Å². The number of aryl methyl sites for hydroxylation is 1. The van der Waals surface area contributed by atoms with Crippen molar-refractivity contribution in [1.29, 1.82) is 0 Å². The molecular formula is C28H29NO7S. The fourth-order valence-corrected chi connectivity index (χ4v) is 4.99. The van der Waals surface area contributed by atoms with Crippen LogP contribution in [-0.2, 0) is 21.2 Å². The number of hydrogen-bond donors (Lipinski definition) is 1. The van der Waals surface area contributed by atoms with Crippen LogP contribution in [0, 0.1) is 0 Å². The highest BCUT2D eigenvalue weighted by Crippen LogP contribution is 2.36. The van der Waals surface area contributed by atoms with Gasteiger partial charge in [0.15, 0.2) is 11.5 Å². The molecular weight excluding hydrogens is 494 g/mol. The number of carbonyl (C=O) groups excluding carboxylic acids is 2. The van der Waals surface area contributed by atoms with Crippen LogP contribution in [-0.4, -0.2) is 27.4 Å². The number of aldehydes is 1. The third-order valence-corrected chi connectivity index (χ3v) is 7.38. The maximum atomic E-state index is 13.5. The first-order chi connectivity index (χ1) is 17.7. The van der Waals surface area contributed by atoms with Crippen LogP contribution >= 0.6 is 0 Å². The third kappa shape index (κ3) is 5.94. The molecule has 4 rings (SSSR count). The summed E-state index contributed by atoms with van der Waals surface area (Å²) in [4.78, 5) is 24.7. The van der Waals surface area contributed by atoms with Gasteiger partial charge in [0.05, 0.1) is 4.90 Å². The van der Waals surface area contributed by atoms with E-state index in [1.54, 1.807) is 48.5 Å². The van der Waals surface area contributed by atoms with E-state index in [0.717, 1.165) is 23.8 Å². The van der Waals surface area contributed by atoms with E-state index in [0.29, 0.717) is 34.8 Å². The van der Waals surface area contributed by atoms with Crippen LogP contribution < -0.4 is 18.9 Å². The first-order valence-corrected chi connectivity index (χ1v) is 13.5. The lowest BCUT2D eigenvalue weighted by molar-refractivity contribution is -0.126. The number of benzene rings is 3. The largest absolute Gasteiger partial charge is 0.475 e. The van der Waals surface area contributed by atoms with Crippen molar-refractivity contribution in [3.63, 3.8) is 0 Å². The lowest BCUT2D eigenvalue weighted by atomic mass is 10.0. The number of ether oxygens (including phenoxy) is 3. The number of hydrogen-bond acceptors (Lipinski definition) is 7. The number of rotatable bonds is 10. The van der Waals surface area contributed by atoms with Gasteiger partial charge in [0.25, 0.3) is 15.9 Å². The summed E-state index contributed by atoms with van der Waals surface area (Å²) in [7, 11) is -4.17. The van der Waals surface area contributed by atoms with Crippen molar-refractivity contribution >= 4 is 22.2 Å². The molecule has 1 unspecified atom stereocenters. The summed E-state index contributed by atoms with van der Waals surface area (Å²) in [5, 5.41) is 0. The van der Waals surface area contributed by atoms with Crippen molar-refractivity contribution < 1.29 is 32.2 Å². The molecule has 1 aliphatic rings. The average Bonchev–Trinajstić information content (AvgIpc) is 3.35. The molecule has 0 bridgehead atoms. The summed E-state index contributed by atoms with van der Waals surface area (Å²) in [6, 6.07) is 16.2. The molecule has 0 aromatic heterocycles. The minimum Gasteiger partial charge on any atom is -0.475 e. The van der Waals surface area contributed by atoms with E-state index in [4.69, 9.17) is 14.2 Å². The fourth-order valence-electron chi connectivity index (χ4n) is 4.01. The van der Waals surface area contributed by atoms with Gasteiger partial charge >= 0.3 is 0 Å². The quantitative estimate of drug-likeness (QED) is 0.376. The van der Waals surface area contributed by atoms with Crippen LogP contribution in [0.5, 0.6) is 17.2 Å². The van der Waals surface area contributed by atoms with Gasteiger partial charge in [0, 0.05) is 11.1 Å². The third-order valence-electron chi connectivity index (χ3n) is 6.01. The highest BCUT2D eigenvalue weighted by molar-refractivity contribution is 7.90. The Hall–Kier alpha value is -3.85. The van der Waals surface area contributed by atoms with E-state index in [1.807, 2.05) is 20.8 Å². The van der Waals surface area contributed by atoms with Crippen LogP contribution in [0.3, 0.4) is 0 Å². The molecule has 9 heteroatoms. The second kappa shape index (κ2) is 11.0. The molecule has 0 radical (unpaired) electrons. The topological polar surface area (TPSA) is 108 Å². The molecule has 1 atom stereocenters. The molecule has 3 aromatic rings. The molecule has 194 valence electrons. The number of fused-ring (bicyclic) bond motifs is 1. The predicted molar refractivity (Wildman–Crippen MR) is 138 cm³/mol. The van der Waals surface area contributed by atoms with Crippen molar-refractivity contribution in [1.82, 2.24) is 4.72 Å². The summed E-state index contributed by atoms with van der Waals surface area (Å²) in [5.41, 5.74) is 2.58. The summed E-state index contributed by atoms with van der Waals surface area (Å²) in [5.74, 6) is 0.689. The Balaban J connectivity index is 1.68. The number of carbonyl (C=O) groups is 2. The molecule has 8 nitrogen and oxygen atoms in total. The highest BCUT2D eigenvalue weighted by atomic mass is 32.2. The van der Waals surface area contributed by atoms with Gasteiger partial charge in [-0.25, -0.2) is 13.1 Å². The van der Waals surface area contributed by atoms with Crippen molar-refractivity contribution in [2.75, 3.05) is 6.79 Å². The molecule has 37 heavy (non-hydrogen) atoms. The molecule has 0 aliphatic carbocycles. The molecule has 0 saturated carbocycles. The van der Waals surface area contributed by atoms with Gasteiger partial charge in [-0.05, 0) is 65.9 Å². The molecule has 1 heterocycles. The molecule has 0 fully saturated rings. The van der Waals surface area contributed by atoms with Crippen LogP contribution in [0.25, 0.3) is 0 Å². The highest BCUT2D eigenvalue weighted by Gasteiger charge is 2.30. The summed E-state index contributed by atoms with van der Waals surface area (Å²) in [6.07, 6.45) is 0.798. The van der Waals surface area contributed by atoms with Crippen molar-refractivity contribution in [2.24, 2.45) is 0 Å². The summed E-state index contributed by atoms with van der Waals surface area (Å²) in [6.45, 7) is 6.04. The first kappa shape index (κ1) is 26.2. The minimum atomic E-state index is -4.17. The first-order valence-electron chi connectivity index (χ1n) is 12.0. The lowest BCUT2D eigenvalue weighted by Gasteiger charge is -2.21. The van der Waals surface area contributed by atoms with Crippen LogP contribution in [0.2, 0.25) is 0 Å². The predicted octanol–water partition coefficient (Wildman–Crippen LogP) is 4.93. The molecule has 1 amide bonds. The second-order valence-corrected chi connectivity index (χ2v) is 10.7. The van der Waals surface area contributed by atoms with Gasteiger partial charge < -0.3 is 14.2 Å².